The first-order valence-electron chi connectivity index (χ1n) is 6.78. The lowest BCUT2D eigenvalue weighted by molar-refractivity contribution is -0.385. The second-order valence-corrected chi connectivity index (χ2v) is 4.99. The van der Waals surface area contributed by atoms with E-state index < -0.39 is 0 Å². The van der Waals surface area contributed by atoms with E-state index in [-0.39, 0.29) is 10.6 Å². The van der Waals surface area contributed by atoms with Crippen LogP contribution in [0.25, 0.3) is 0 Å². The first kappa shape index (κ1) is 13.8. The molecule has 1 aromatic carbocycles. The molecule has 0 amide bonds. The molecule has 104 valence electrons. The van der Waals surface area contributed by atoms with Crippen molar-refractivity contribution in [3.63, 3.8) is 0 Å². The zero-order chi connectivity index (χ0) is 13.7. The Kier molecular flexibility index (Phi) is 4.74. The van der Waals surface area contributed by atoms with Gasteiger partial charge in [0.1, 0.15) is 12.4 Å². The molecular formula is C14H20N2O3. The maximum atomic E-state index is 10.7. The zero-order valence-electron chi connectivity index (χ0n) is 11.2. The molecular weight excluding hydrogens is 244 g/mol. The third-order valence-electron chi connectivity index (χ3n) is 3.52. The number of nitrogens with zero attached hydrogens (tertiary/aromatic N) is 1. The standard InChI is InChI=1S/C14H20N2O3/c1-11-10-13(6-7-14(11)16(17)18)19-9-8-15-12-4-2-3-5-12/h6-7,10,12,15H,2-5,8-9H2,1H3. The van der Waals surface area contributed by atoms with E-state index in [0.717, 1.165) is 6.54 Å². The SMILES string of the molecule is Cc1cc(OCCNC2CCCC2)ccc1[N+](=O)[O-]. The van der Waals surface area contributed by atoms with Crippen LogP contribution in [0, 0.1) is 17.0 Å². The number of ether oxygens (including phenoxy) is 1. The van der Waals surface area contributed by atoms with Crippen LogP contribution in [-0.4, -0.2) is 24.1 Å². The summed E-state index contributed by atoms with van der Waals surface area (Å²) in [5, 5.41) is 14.2. The van der Waals surface area contributed by atoms with Gasteiger partial charge in [-0.2, -0.15) is 0 Å². The molecule has 2 rings (SSSR count). The molecule has 0 aromatic heterocycles. The molecule has 1 aliphatic rings. The van der Waals surface area contributed by atoms with Crippen molar-refractivity contribution in [1.82, 2.24) is 5.32 Å². The number of aryl methyl sites for hydroxylation is 1. The molecule has 0 radical (unpaired) electrons. The minimum Gasteiger partial charge on any atom is -0.492 e. The second-order valence-electron chi connectivity index (χ2n) is 4.99. The van der Waals surface area contributed by atoms with Gasteiger partial charge < -0.3 is 10.1 Å². The summed E-state index contributed by atoms with van der Waals surface area (Å²) in [6.07, 6.45) is 5.16. The monoisotopic (exact) mass is 264 g/mol. The first-order chi connectivity index (χ1) is 9.16. The Labute approximate surface area is 113 Å². The lowest BCUT2D eigenvalue weighted by atomic mass is 10.2. The van der Waals surface area contributed by atoms with Gasteiger partial charge in [0.05, 0.1) is 4.92 Å². The normalized spacial score (nSPS) is 15.6. The molecule has 0 unspecified atom stereocenters. The van der Waals surface area contributed by atoms with Gasteiger partial charge in [-0.05, 0) is 31.9 Å². The average Bonchev–Trinajstić information content (AvgIpc) is 2.87. The van der Waals surface area contributed by atoms with Crippen molar-refractivity contribution in [2.45, 2.75) is 38.6 Å². The van der Waals surface area contributed by atoms with Crippen molar-refractivity contribution in [2.75, 3.05) is 13.2 Å². The molecule has 1 aromatic rings. The third kappa shape index (κ3) is 3.92. The summed E-state index contributed by atoms with van der Waals surface area (Å²) in [4.78, 5) is 10.3. The lowest BCUT2D eigenvalue weighted by Gasteiger charge is -2.12. The Hall–Kier alpha value is -1.62. The third-order valence-corrected chi connectivity index (χ3v) is 3.52. The highest BCUT2D eigenvalue weighted by Crippen LogP contribution is 2.23. The van der Waals surface area contributed by atoms with Gasteiger partial charge in [-0.3, -0.25) is 10.1 Å². The fourth-order valence-corrected chi connectivity index (χ4v) is 2.48. The number of rotatable bonds is 6. The number of hydrogen-bond donors (Lipinski definition) is 1. The first-order valence-corrected chi connectivity index (χ1v) is 6.78. The summed E-state index contributed by atoms with van der Waals surface area (Å²) in [5.41, 5.74) is 0.766. The Morgan fingerprint density at radius 3 is 2.79 bits per heavy atom. The summed E-state index contributed by atoms with van der Waals surface area (Å²) in [7, 11) is 0. The second kappa shape index (κ2) is 6.52. The lowest BCUT2D eigenvalue weighted by Crippen LogP contribution is -2.30. The summed E-state index contributed by atoms with van der Waals surface area (Å²) < 4.78 is 5.60. The Bertz CT molecular complexity index is 442. The molecule has 0 bridgehead atoms. The highest BCUT2D eigenvalue weighted by Gasteiger charge is 2.14. The van der Waals surface area contributed by atoms with Crippen LogP contribution in [-0.2, 0) is 0 Å². The summed E-state index contributed by atoms with van der Waals surface area (Å²) in [5.74, 6) is 0.691. The van der Waals surface area contributed by atoms with Crippen LogP contribution >= 0.6 is 0 Å². The number of benzene rings is 1. The zero-order valence-corrected chi connectivity index (χ0v) is 11.2. The number of hydrogen-bond acceptors (Lipinski definition) is 4. The molecule has 1 fully saturated rings. The number of nitro groups is 1. The van der Waals surface area contributed by atoms with Crippen LogP contribution in [0.5, 0.6) is 5.75 Å². The van der Waals surface area contributed by atoms with E-state index in [4.69, 9.17) is 4.74 Å². The van der Waals surface area contributed by atoms with E-state index in [1.165, 1.54) is 31.7 Å². The van der Waals surface area contributed by atoms with E-state index in [2.05, 4.69) is 5.32 Å². The molecule has 5 heteroatoms. The van der Waals surface area contributed by atoms with Crippen molar-refractivity contribution in [3.8, 4) is 5.75 Å². The van der Waals surface area contributed by atoms with Crippen LogP contribution in [0.1, 0.15) is 31.2 Å². The maximum absolute atomic E-state index is 10.7. The summed E-state index contributed by atoms with van der Waals surface area (Å²) in [6.45, 7) is 3.14. The topological polar surface area (TPSA) is 64.4 Å². The largest absolute Gasteiger partial charge is 0.492 e. The van der Waals surface area contributed by atoms with E-state index in [1.807, 2.05) is 0 Å². The van der Waals surface area contributed by atoms with Crippen LogP contribution < -0.4 is 10.1 Å². The van der Waals surface area contributed by atoms with E-state index >= 15 is 0 Å². The Morgan fingerprint density at radius 2 is 2.16 bits per heavy atom. The quantitative estimate of drug-likeness (QED) is 0.487. The van der Waals surface area contributed by atoms with Gasteiger partial charge in [0.25, 0.3) is 5.69 Å². The predicted octanol–water partition coefficient (Wildman–Crippen LogP) is 2.81. The molecule has 1 saturated carbocycles. The fourth-order valence-electron chi connectivity index (χ4n) is 2.48. The van der Waals surface area contributed by atoms with Crippen LogP contribution in [0.4, 0.5) is 5.69 Å². The number of nitro benzene ring substituents is 1. The van der Waals surface area contributed by atoms with Crippen molar-refractivity contribution in [1.29, 1.82) is 0 Å². The van der Waals surface area contributed by atoms with Crippen molar-refractivity contribution in [2.24, 2.45) is 0 Å². The molecule has 0 spiro atoms. The minimum atomic E-state index is -0.374. The molecule has 0 heterocycles. The van der Waals surface area contributed by atoms with Gasteiger partial charge in [-0.1, -0.05) is 12.8 Å². The van der Waals surface area contributed by atoms with Gasteiger partial charge in [-0.15, -0.1) is 0 Å². The molecule has 0 atom stereocenters. The van der Waals surface area contributed by atoms with Gasteiger partial charge in [0.15, 0.2) is 0 Å². The van der Waals surface area contributed by atoms with E-state index in [9.17, 15) is 10.1 Å². The molecule has 19 heavy (non-hydrogen) atoms. The van der Waals surface area contributed by atoms with Crippen molar-refractivity contribution < 1.29 is 9.66 Å². The van der Waals surface area contributed by atoms with Gasteiger partial charge in [-0.25, -0.2) is 0 Å². The van der Waals surface area contributed by atoms with Gasteiger partial charge >= 0.3 is 0 Å². The Balaban J connectivity index is 1.76. The van der Waals surface area contributed by atoms with Gasteiger partial charge in [0, 0.05) is 24.2 Å². The Morgan fingerprint density at radius 1 is 1.42 bits per heavy atom. The summed E-state index contributed by atoms with van der Waals surface area (Å²) in [6, 6.07) is 5.51. The van der Waals surface area contributed by atoms with Crippen LogP contribution in [0.15, 0.2) is 18.2 Å². The predicted molar refractivity (Wildman–Crippen MR) is 73.6 cm³/mol. The molecule has 0 saturated heterocycles. The molecule has 5 nitrogen and oxygen atoms in total. The van der Waals surface area contributed by atoms with Crippen LogP contribution in [0.3, 0.4) is 0 Å². The molecule has 1 aliphatic carbocycles. The fraction of sp³-hybridized carbons (Fsp3) is 0.571. The van der Waals surface area contributed by atoms with E-state index in [0.29, 0.717) is 24.0 Å². The smallest absolute Gasteiger partial charge is 0.272 e. The van der Waals surface area contributed by atoms with Crippen molar-refractivity contribution >= 4 is 5.69 Å². The molecule has 1 N–H and O–H groups in total. The highest BCUT2D eigenvalue weighted by atomic mass is 16.6. The minimum absolute atomic E-state index is 0.136. The number of nitrogens with one attached hydrogen (secondary N) is 1. The van der Waals surface area contributed by atoms with Crippen molar-refractivity contribution in [3.05, 3.63) is 33.9 Å². The average molecular weight is 264 g/mol. The van der Waals surface area contributed by atoms with E-state index in [1.54, 1.807) is 19.1 Å². The highest BCUT2D eigenvalue weighted by molar-refractivity contribution is 5.44. The van der Waals surface area contributed by atoms with Crippen LogP contribution in [0.2, 0.25) is 0 Å². The van der Waals surface area contributed by atoms with Gasteiger partial charge in [0.2, 0.25) is 0 Å². The molecule has 0 aliphatic heterocycles. The maximum Gasteiger partial charge on any atom is 0.272 e. The summed E-state index contributed by atoms with van der Waals surface area (Å²) >= 11 is 0.